The molecule has 2 amide bonds. The number of rotatable bonds is 7. The summed E-state index contributed by atoms with van der Waals surface area (Å²) >= 11 is 0. The monoisotopic (exact) mass is 627 g/mol. The average molecular weight is 628 g/mol. The zero-order chi connectivity index (χ0) is 31.4. The van der Waals surface area contributed by atoms with Crippen molar-refractivity contribution in [1.82, 2.24) is 15.5 Å². The molecule has 4 aliphatic rings. The zero-order valence-corrected chi connectivity index (χ0v) is 25.2. The van der Waals surface area contributed by atoms with Crippen LogP contribution in [0.2, 0.25) is 0 Å². The fraction of sp³-hybridized carbons (Fsp3) is 0.467. The minimum Gasteiger partial charge on any atom is -0.491 e. The Hall–Kier alpha value is -4.04. The van der Waals surface area contributed by atoms with Gasteiger partial charge in [-0.25, -0.2) is 22.7 Å². The van der Waals surface area contributed by atoms with Crippen molar-refractivity contribution >= 4 is 27.3 Å². The number of hydrogen-bond donors (Lipinski definition) is 3. The summed E-state index contributed by atoms with van der Waals surface area (Å²) in [6.45, 7) is 3.73. The highest BCUT2D eigenvalue weighted by molar-refractivity contribution is 7.91. The first-order valence-corrected chi connectivity index (χ1v) is 16.2. The summed E-state index contributed by atoms with van der Waals surface area (Å²) in [4.78, 5) is 39.4. The first-order valence-electron chi connectivity index (χ1n) is 14.6. The van der Waals surface area contributed by atoms with Crippen LogP contribution in [0.25, 0.3) is 0 Å². The van der Waals surface area contributed by atoms with Gasteiger partial charge in [0.2, 0.25) is 11.8 Å². The van der Waals surface area contributed by atoms with Crippen molar-refractivity contribution in [2.75, 3.05) is 10.7 Å². The molecule has 3 aromatic rings. The number of anilines is 1. The van der Waals surface area contributed by atoms with Gasteiger partial charge in [-0.2, -0.15) is 0 Å². The molecule has 0 saturated heterocycles. The first-order chi connectivity index (χ1) is 20.8. The highest BCUT2D eigenvalue weighted by Gasteiger charge is 2.52. The molecule has 3 aliphatic carbocycles. The van der Waals surface area contributed by atoms with E-state index in [1.165, 1.54) is 4.90 Å². The van der Waals surface area contributed by atoms with E-state index in [0.717, 1.165) is 12.1 Å². The number of fused-ring (bicyclic) bond motifs is 4. The molecule has 2 heterocycles. The standard InChI is InChI=1S/C30H34FN5O7S/c1-17(2)42-19-5-3-18(4-6-19)15-36-23-13-20(21(31)14-24(23)44(40,41)16-22(32)26(36)38)25(37)33-30-10-7-29(8-11-30,9-12-30)27-34-35-28(39)43-27/h3-6,13-14,17,22H,7-12,15-16,32H2,1-2H3,(H,33,37)(H,35,39)/t22-,29?,30?/m0/s1. The van der Waals surface area contributed by atoms with E-state index in [9.17, 15) is 22.8 Å². The molecule has 2 aromatic carbocycles. The lowest BCUT2D eigenvalue weighted by Gasteiger charge is -2.52. The second kappa shape index (κ2) is 10.8. The highest BCUT2D eigenvalue weighted by Crippen LogP contribution is 2.53. The number of amides is 2. The summed E-state index contributed by atoms with van der Waals surface area (Å²) in [5, 5.41) is 9.36. The van der Waals surface area contributed by atoms with Gasteiger partial charge in [-0.3, -0.25) is 9.59 Å². The third kappa shape index (κ3) is 5.40. The van der Waals surface area contributed by atoms with Gasteiger partial charge in [-0.05, 0) is 82.2 Å². The molecular formula is C30H34FN5O7S. The number of sulfone groups is 1. The molecule has 1 atom stereocenters. The molecule has 0 radical (unpaired) electrons. The van der Waals surface area contributed by atoms with Crippen LogP contribution in [0.4, 0.5) is 10.1 Å². The van der Waals surface area contributed by atoms with Crippen LogP contribution in [-0.2, 0) is 26.6 Å². The SMILES string of the molecule is CC(C)Oc1ccc(CN2C(=O)[C@@H](N)CS(=O)(=O)c3cc(F)c(C(=O)NC45CCC(c6n[nH]c(=O)o6)(CC4)CC5)cc32)cc1. The van der Waals surface area contributed by atoms with E-state index in [-0.39, 0.29) is 23.9 Å². The van der Waals surface area contributed by atoms with Crippen LogP contribution in [0.3, 0.4) is 0 Å². The Morgan fingerprint density at radius 3 is 2.41 bits per heavy atom. The number of aromatic amines is 1. The number of hydrogen-bond acceptors (Lipinski definition) is 9. The van der Waals surface area contributed by atoms with Crippen LogP contribution in [0.5, 0.6) is 5.75 Å². The molecule has 14 heteroatoms. The van der Waals surface area contributed by atoms with Crippen molar-refractivity contribution in [1.29, 1.82) is 0 Å². The van der Waals surface area contributed by atoms with Gasteiger partial charge in [0.15, 0.2) is 9.84 Å². The van der Waals surface area contributed by atoms with Crippen LogP contribution >= 0.6 is 0 Å². The van der Waals surface area contributed by atoms with Gasteiger partial charge in [0, 0.05) is 11.0 Å². The van der Waals surface area contributed by atoms with Gasteiger partial charge in [0.05, 0.1) is 40.6 Å². The predicted octanol–water partition coefficient (Wildman–Crippen LogP) is 2.71. The van der Waals surface area contributed by atoms with Gasteiger partial charge in [-0.15, -0.1) is 5.10 Å². The van der Waals surface area contributed by atoms with Crippen molar-refractivity contribution < 1.29 is 31.6 Å². The topological polar surface area (TPSA) is 178 Å². The van der Waals surface area contributed by atoms with Gasteiger partial charge in [0.1, 0.15) is 11.6 Å². The number of carbonyl (C=O) groups is 2. The van der Waals surface area contributed by atoms with E-state index in [1.54, 1.807) is 24.3 Å². The normalized spacial score (nSPS) is 25.9. The Bertz CT molecular complexity index is 1760. The number of H-pyrrole nitrogens is 1. The lowest BCUT2D eigenvalue weighted by molar-refractivity contribution is -0.119. The van der Waals surface area contributed by atoms with Crippen molar-refractivity contribution in [3.8, 4) is 5.75 Å². The molecule has 0 unspecified atom stereocenters. The highest BCUT2D eigenvalue weighted by atomic mass is 32.2. The maximum atomic E-state index is 15.6. The Kier molecular flexibility index (Phi) is 7.39. The van der Waals surface area contributed by atoms with Crippen LogP contribution < -0.4 is 26.4 Å². The lowest BCUT2D eigenvalue weighted by Crippen LogP contribution is -2.58. The maximum absolute atomic E-state index is 15.6. The average Bonchev–Trinajstić information content (AvgIpc) is 3.41. The van der Waals surface area contributed by atoms with E-state index < -0.39 is 60.9 Å². The number of halogens is 1. The van der Waals surface area contributed by atoms with E-state index in [1.807, 2.05) is 13.8 Å². The summed E-state index contributed by atoms with van der Waals surface area (Å²) in [7, 11) is -4.16. The maximum Gasteiger partial charge on any atom is 0.434 e. The van der Waals surface area contributed by atoms with E-state index in [2.05, 4.69) is 15.5 Å². The second-order valence-corrected chi connectivity index (χ2v) is 14.4. The molecular weight excluding hydrogens is 593 g/mol. The van der Waals surface area contributed by atoms with Gasteiger partial charge >= 0.3 is 5.76 Å². The number of carbonyl (C=O) groups excluding carboxylic acids is 2. The number of ether oxygens (including phenoxy) is 1. The number of nitrogens with two attached hydrogens (primary N) is 1. The van der Waals surface area contributed by atoms with E-state index >= 15 is 4.39 Å². The summed E-state index contributed by atoms with van der Waals surface area (Å²) in [5.41, 5.74) is 5.19. The van der Waals surface area contributed by atoms with Crippen LogP contribution in [0.1, 0.15) is 74.2 Å². The van der Waals surface area contributed by atoms with Gasteiger partial charge in [-0.1, -0.05) is 12.1 Å². The summed E-state index contributed by atoms with van der Waals surface area (Å²) < 4.78 is 52.9. The molecule has 44 heavy (non-hydrogen) atoms. The molecule has 12 nitrogen and oxygen atoms in total. The largest absolute Gasteiger partial charge is 0.491 e. The van der Waals surface area contributed by atoms with Crippen molar-refractivity contribution in [3.05, 3.63) is 69.8 Å². The first kappa shape index (κ1) is 30.0. The Balaban J connectivity index is 1.29. The Morgan fingerprint density at radius 2 is 1.82 bits per heavy atom. The quantitative estimate of drug-likeness (QED) is 0.355. The zero-order valence-electron chi connectivity index (χ0n) is 24.4. The molecule has 3 fully saturated rings. The van der Waals surface area contributed by atoms with Crippen LogP contribution in [-0.4, -0.2) is 53.9 Å². The van der Waals surface area contributed by atoms with Crippen molar-refractivity contribution in [2.24, 2.45) is 5.73 Å². The Labute approximate surface area is 253 Å². The van der Waals surface area contributed by atoms with Crippen LogP contribution in [0.15, 0.2) is 50.5 Å². The molecule has 3 saturated carbocycles. The van der Waals surface area contributed by atoms with Crippen molar-refractivity contribution in [2.45, 2.75) is 86.9 Å². The molecule has 234 valence electrons. The van der Waals surface area contributed by atoms with Gasteiger partial charge in [0.25, 0.3) is 5.91 Å². The smallest absolute Gasteiger partial charge is 0.434 e. The van der Waals surface area contributed by atoms with Crippen LogP contribution in [0, 0.1) is 5.82 Å². The third-order valence-electron chi connectivity index (χ3n) is 9.05. The fourth-order valence-corrected chi connectivity index (χ4v) is 8.21. The van der Waals surface area contributed by atoms with E-state index in [4.69, 9.17) is 14.9 Å². The number of benzene rings is 2. The number of aromatic nitrogens is 2. The summed E-state index contributed by atoms with van der Waals surface area (Å²) in [5.74, 6) is -2.70. The lowest BCUT2D eigenvalue weighted by atomic mass is 9.57. The predicted molar refractivity (Wildman–Crippen MR) is 157 cm³/mol. The minimum atomic E-state index is -4.16. The minimum absolute atomic E-state index is 0.0365. The molecule has 1 aromatic heterocycles. The second-order valence-electron chi connectivity index (χ2n) is 12.4. The Morgan fingerprint density at radius 1 is 1.16 bits per heavy atom. The fourth-order valence-electron chi connectivity index (χ4n) is 6.64. The molecule has 4 N–H and O–H groups in total. The molecule has 0 spiro atoms. The van der Waals surface area contributed by atoms with Crippen molar-refractivity contribution in [3.63, 3.8) is 0 Å². The number of nitrogens with zero attached hydrogens (tertiary/aromatic N) is 2. The molecule has 2 bridgehead atoms. The summed E-state index contributed by atoms with van der Waals surface area (Å²) in [6.07, 6.45) is 3.50. The number of nitrogens with one attached hydrogen (secondary N) is 2. The third-order valence-corrected chi connectivity index (χ3v) is 10.8. The molecule has 1 aliphatic heterocycles. The van der Waals surface area contributed by atoms with Gasteiger partial charge < -0.3 is 25.1 Å². The summed E-state index contributed by atoms with van der Waals surface area (Å²) in [6, 6.07) is 7.52. The van der Waals surface area contributed by atoms with E-state index in [0.29, 0.717) is 55.7 Å². The molecule has 7 rings (SSSR count).